The van der Waals surface area contributed by atoms with Crippen molar-refractivity contribution >= 4 is 22.7 Å². The van der Waals surface area contributed by atoms with Crippen molar-refractivity contribution in [1.82, 2.24) is 14.9 Å². The second kappa shape index (κ2) is 4.72. The summed E-state index contributed by atoms with van der Waals surface area (Å²) < 4.78 is 0. The summed E-state index contributed by atoms with van der Waals surface area (Å²) in [5.74, 6) is -0.258. The van der Waals surface area contributed by atoms with Crippen molar-refractivity contribution < 1.29 is 9.90 Å². The first-order valence-corrected chi connectivity index (χ1v) is 6.48. The number of benzene rings is 1. The van der Waals surface area contributed by atoms with Crippen LogP contribution in [0, 0.1) is 6.92 Å². The topological polar surface area (TPSA) is 78.3 Å². The number of anilines is 1. The molecule has 6 nitrogen and oxygen atoms in total. The molecule has 1 aliphatic rings. The molecule has 0 unspecified atom stereocenters. The second-order valence-corrected chi connectivity index (χ2v) is 5.30. The number of hydrogen-bond donors (Lipinski definition) is 2. The van der Waals surface area contributed by atoms with Crippen molar-refractivity contribution in [3.05, 3.63) is 29.6 Å². The van der Waals surface area contributed by atoms with E-state index in [0.29, 0.717) is 17.4 Å². The molecule has 20 heavy (non-hydrogen) atoms. The van der Waals surface area contributed by atoms with Crippen LogP contribution in [-0.2, 0) is 0 Å². The smallest absolute Gasteiger partial charge is 0.337 e. The molecule has 2 N–H and O–H groups in total. The van der Waals surface area contributed by atoms with E-state index in [1.54, 1.807) is 6.07 Å². The molecule has 0 atom stereocenters. The summed E-state index contributed by atoms with van der Waals surface area (Å²) in [6, 6.07) is 3.91. The van der Waals surface area contributed by atoms with Crippen LogP contribution in [-0.4, -0.2) is 52.1 Å². The molecule has 2 aromatic rings. The van der Waals surface area contributed by atoms with Crippen LogP contribution in [0.3, 0.4) is 0 Å². The van der Waals surface area contributed by atoms with Gasteiger partial charge in [0.25, 0.3) is 0 Å². The molecule has 1 aliphatic heterocycles. The highest BCUT2D eigenvalue weighted by atomic mass is 16.4. The van der Waals surface area contributed by atoms with E-state index < -0.39 is 5.97 Å². The van der Waals surface area contributed by atoms with Gasteiger partial charge in [-0.3, -0.25) is 0 Å². The molecule has 3 rings (SSSR count). The van der Waals surface area contributed by atoms with Crippen molar-refractivity contribution in [3.63, 3.8) is 0 Å². The zero-order chi connectivity index (χ0) is 14.3. The average Bonchev–Trinajstić information content (AvgIpc) is 2.36. The quantitative estimate of drug-likeness (QED) is 0.878. The van der Waals surface area contributed by atoms with Crippen LogP contribution in [0.1, 0.15) is 15.9 Å². The number of aromatic nitrogens is 2. The Balaban J connectivity index is 2.06. The lowest BCUT2D eigenvalue weighted by molar-refractivity contribution is 0.0698. The third-order valence-electron chi connectivity index (χ3n) is 3.52. The molecule has 2 heterocycles. The largest absolute Gasteiger partial charge is 0.478 e. The van der Waals surface area contributed by atoms with Gasteiger partial charge in [0.15, 0.2) is 0 Å². The van der Waals surface area contributed by atoms with Gasteiger partial charge in [-0.2, -0.15) is 0 Å². The van der Waals surface area contributed by atoms with Crippen LogP contribution in [0.25, 0.3) is 10.9 Å². The number of fused-ring (bicyclic) bond motifs is 1. The van der Waals surface area contributed by atoms with Crippen molar-refractivity contribution in [2.75, 3.05) is 25.5 Å². The second-order valence-electron chi connectivity index (χ2n) is 5.30. The van der Waals surface area contributed by atoms with Gasteiger partial charge in [-0.25, -0.2) is 14.8 Å². The molecule has 1 aromatic heterocycles. The van der Waals surface area contributed by atoms with Gasteiger partial charge < -0.3 is 15.3 Å². The molecule has 104 valence electrons. The molecule has 0 radical (unpaired) electrons. The first-order chi connectivity index (χ1) is 9.54. The number of aryl methyl sites for hydroxylation is 1. The number of carbonyl (C=O) groups is 1. The van der Waals surface area contributed by atoms with Gasteiger partial charge in [-0.05, 0) is 31.7 Å². The summed E-state index contributed by atoms with van der Waals surface area (Å²) in [4.78, 5) is 21.9. The third kappa shape index (κ3) is 2.18. The SMILES string of the molecule is Cc1cc(C(=O)O)c2ncnc(NC3CN(C)C3)c2c1. The van der Waals surface area contributed by atoms with Gasteiger partial charge in [0, 0.05) is 18.5 Å². The van der Waals surface area contributed by atoms with Gasteiger partial charge >= 0.3 is 5.97 Å². The Kier molecular flexibility index (Phi) is 3.02. The first-order valence-electron chi connectivity index (χ1n) is 6.48. The maximum atomic E-state index is 11.3. The maximum Gasteiger partial charge on any atom is 0.337 e. The van der Waals surface area contributed by atoms with Crippen LogP contribution in [0.15, 0.2) is 18.5 Å². The lowest BCUT2D eigenvalue weighted by Gasteiger charge is -2.37. The van der Waals surface area contributed by atoms with Crippen molar-refractivity contribution in [2.45, 2.75) is 13.0 Å². The van der Waals surface area contributed by atoms with Gasteiger partial charge in [0.05, 0.1) is 17.1 Å². The number of likely N-dealkylation sites (N-methyl/N-ethyl adjacent to an activating group) is 1. The molecular weight excluding hydrogens is 256 g/mol. The number of hydrogen-bond acceptors (Lipinski definition) is 5. The number of carboxylic acid groups (broad SMARTS) is 1. The fraction of sp³-hybridized carbons (Fsp3) is 0.357. The maximum absolute atomic E-state index is 11.3. The van der Waals surface area contributed by atoms with E-state index in [2.05, 4.69) is 27.2 Å². The lowest BCUT2D eigenvalue weighted by atomic mass is 10.1. The van der Waals surface area contributed by atoms with Crippen LogP contribution < -0.4 is 5.32 Å². The fourth-order valence-corrected chi connectivity index (χ4v) is 2.57. The molecule has 0 bridgehead atoms. The third-order valence-corrected chi connectivity index (χ3v) is 3.52. The Morgan fingerprint density at radius 1 is 1.40 bits per heavy atom. The van der Waals surface area contributed by atoms with Gasteiger partial charge in [-0.15, -0.1) is 0 Å². The van der Waals surface area contributed by atoms with Crippen molar-refractivity contribution in [3.8, 4) is 0 Å². The molecule has 0 saturated carbocycles. The Morgan fingerprint density at radius 2 is 2.15 bits per heavy atom. The zero-order valence-electron chi connectivity index (χ0n) is 11.4. The fourth-order valence-electron chi connectivity index (χ4n) is 2.57. The van der Waals surface area contributed by atoms with Gasteiger partial charge in [0.1, 0.15) is 12.1 Å². The van der Waals surface area contributed by atoms with E-state index in [1.807, 2.05) is 13.0 Å². The number of nitrogens with one attached hydrogen (secondary N) is 1. The zero-order valence-corrected chi connectivity index (χ0v) is 11.4. The van der Waals surface area contributed by atoms with Crippen LogP contribution in [0.4, 0.5) is 5.82 Å². The summed E-state index contributed by atoms with van der Waals surface area (Å²) in [5.41, 5.74) is 1.59. The van der Waals surface area contributed by atoms with Crippen molar-refractivity contribution in [1.29, 1.82) is 0 Å². The van der Waals surface area contributed by atoms with Crippen LogP contribution >= 0.6 is 0 Å². The van der Waals surface area contributed by atoms with Crippen molar-refractivity contribution in [2.24, 2.45) is 0 Å². The minimum atomic E-state index is -0.966. The number of carboxylic acids is 1. The predicted molar refractivity (Wildman–Crippen MR) is 76.1 cm³/mol. The predicted octanol–water partition coefficient (Wildman–Crippen LogP) is 1.36. The van der Waals surface area contributed by atoms with Crippen LogP contribution in [0.2, 0.25) is 0 Å². The normalized spacial score (nSPS) is 16.1. The highest BCUT2D eigenvalue weighted by Gasteiger charge is 2.24. The Labute approximate surface area is 116 Å². The average molecular weight is 272 g/mol. The van der Waals surface area contributed by atoms with Gasteiger partial charge in [0.2, 0.25) is 0 Å². The molecule has 1 saturated heterocycles. The standard InChI is InChI=1S/C14H16N4O2/c1-8-3-10-12(11(4-8)14(19)20)15-7-16-13(10)17-9-5-18(2)6-9/h3-4,7,9H,5-6H2,1-2H3,(H,19,20)(H,15,16,17). The molecule has 1 aromatic carbocycles. The number of aromatic carboxylic acids is 1. The minimum absolute atomic E-state index is 0.219. The number of rotatable bonds is 3. The summed E-state index contributed by atoms with van der Waals surface area (Å²) in [5, 5.41) is 13.4. The Bertz CT molecular complexity index is 680. The van der Waals surface area contributed by atoms with E-state index in [1.165, 1.54) is 6.33 Å². The summed E-state index contributed by atoms with van der Waals surface area (Å²) >= 11 is 0. The highest BCUT2D eigenvalue weighted by molar-refractivity contribution is 6.05. The molecular formula is C14H16N4O2. The molecule has 6 heteroatoms. The molecule has 0 spiro atoms. The van der Waals surface area contributed by atoms with E-state index in [-0.39, 0.29) is 5.56 Å². The van der Waals surface area contributed by atoms with E-state index in [0.717, 1.165) is 24.0 Å². The molecule has 0 aliphatic carbocycles. The summed E-state index contributed by atoms with van der Waals surface area (Å²) in [7, 11) is 2.06. The van der Waals surface area contributed by atoms with E-state index in [9.17, 15) is 9.90 Å². The summed E-state index contributed by atoms with van der Waals surface area (Å²) in [6.45, 7) is 3.80. The van der Waals surface area contributed by atoms with Crippen LogP contribution in [0.5, 0.6) is 0 Å². The monoisotopic (exact) mass is 272 g/mol. The van der Waals surface area contributed by atoms with E-state index >= 15 is 0 Å². The number of likely N-dealkylation sites (tertiary alicyclic amines) is 1. The van der Waals surface area contributed by atoms with Gasteiger partial charge in [-0.1, -0.05) is 0 Å². The Hall–Kier alpha value is -2.21. The van der Waals surface area contributed by atoms with E-state index in [4.69, 9.17) is 0 Å². The molecule has 1 fully saturated rings. The first kappa shape index (κ1) is 12.8. The highest BCUT2D eigenvalue weighted by Crippen LogP contribution is 2.25. The number of nitrogens with zero attached hydrogens (tertiary/aromatic N) is 3. The summed E-state index contributed by atoms with van der Waals surface area (Å²) in [6.07, 6.45) is 1.41. The lowest BCUT2D eigenvalue weighted by Crippen LogP contribution is -2.52. The molecule has 0 amide bonds. The Morgan fingerprint density at radius 3 is 2.80 bits per heavy atom. The minimum Gasteiger partial charge on any atom is -0.478 e.